The standard InChI is InChI=1S/C22H15.3BrH.Ti/c1-2-8-16-14-17(13-15(16)7-1)22-20-11-5-3-9-18(20)19-10-4-6-12-21(19)22;;;;/h1-14,22H;3*1H;/q-1;;;;+4/p-3. The Morgan fingerprint density at radius 3 is 1.69 bits per heavy atom. The second kappa shape index (κ2) is 9.57. The first-order chi connectivity index (χ1) is 10.9. The molecule has 5 rings (SSSR count). The fraction of sp³-hybridized carbons (Fsp3) is 0.0455. The van der Waals surface area contributed by atoms with Crippen LogP contribution in [-0.4, -0.2) is 0 Å². The van der Waals surface area contributed by atoms with Crippen LogP contribution in [0.1, 0.15) is 22.6 Å². The molecule has 0 aromatic heterocycles. The van der Waals surface area contributed by atoms with Crippen LogP contribution in [-0.2, 0) is 21.7 Å². The second-order valence-corrected chi connectivity index (χ2v) is 6.03. The summed E-state index contributed by atoms with van der Waals surface area (Å²) in [6, 6.07) is 30.9. The molecule has 128 valence electrons. The van der Waals surface area contributed by atoms with Crippen LogP contribution in [0.25, 0.3) is 21.9 Å². The minimum atomic E-state index is 0. The van der Waals surface area contributed by atoms with Crippen LogP contribution >= 0.6 is 0 Å². The van der Waals surface area contributed by atoms with Crippen LogP contribution in [0.2, 0.25) is 0 Å². The summed E-state index contributed by atoms with van der Waals surface area (Å²) in [5.74, 6) is 0.361. The number of hydrogen-bond donors (Lipinski definition) is 0. The Bertz CT molecular complexity index is 928. The van der Waals surface area contributed by atoms with Gasteiger partial charge in [-0.25, -0.2) is 0 Å². The Balaban J connectivity index is 0.000000845. The Morgan fingerprint density at radius 2 is 1.12 bits per heavy atom. The Hall–Kier alpha value is -0.576. The van der Waals surface area contributed by atoms with Gasteiger partial charge in [0.25, 0.3) is 0 Å². The molecule has 0 bridgehead atoms. The molecule has 0 aliphatic heterocycles. The Morgan fingerprint density at radius 1 is 0.615 bits per heavy atom. The average molecular weight is 567 g/mol. The summed E-state index contributed by atoms with van der Waals surface area (Å²) in [5, 5.41) is 2.67. The van der Waals surface area contributed by atoms with E-state index in [-0.39, 0.29) is 72.7 Å². The number of benzene rings is 3. The third-order valence-electron chi connectivity index (χ3n) is 4.81. The molecule has 0 N–H and O–H groups in total. The molecule has 0 fully saturated rings. The first-order valence-corrected chi connectivity index (χ1v) is 7.75. The zero-order valence-corrected chi connectivity index (χ0v) is 20.1. The van der Waals surface area contributed by atoms with E-state index in [0.29, 0.717) is 5.92 Å². The van der Waals surface area contributed by atoms with Crippen molar-refractivity contribution in [2.24, 2.45) is 0 Å². The van der Waals surface area contributed by atoms with Crippen molar-refractivity contribution in [1.82, 2.24) is 0 Å². The van der Waals surface area contributed by atoms with Crippen LogP contribution in [0.5, 0.6) is 0 Å². The zero-order chi connectivity index (χ0) is 14.5. The smallest absolute Gasteiger partial charge is 1.00 e. The van der Waals surface area contributed by atoms with E-state index in [2.05, 4.69) is 84.9 Å². The molecule has 0 atom stereocenters. The van der Waals surface area contributed by atoms with Crippen molar-refractivity contribution in [3.63, 3.8) is 0 Å². The van der Waals surface area contributed by atoms with Gasteiger partial charge in [0.05, 0.1) is 0 Å². The number of rotatable bonds is 1. The molecule has 4 heteroatoms. The van der Waals surface area contributed by atoms with Crippen LogP contribution in [0.4, 0.5) is 0 Å². The largest absolute Gasteiger partial charge is 4.00 e. The van der Waals surface area contributed by atoms with E-state index in [0.717, 1.165) is 0 Å². The third kappa shape index (κ3) is 3.70. The van der Waals surface area contributed by atoms with Gasteiger partial charge in [-0.1, -0.05) is 54.6 Å². The molecule has 0 heterocycles. The molecule has 0 saturated heterocycles. The summed E-state index contributed by atoms with van der Waals surface area (Å²) in [7, 11) is 0. The van der Waals surface area contributed by atoms with Crippen LogP contribution < -0.4 is 50.9 Å². The average Bonchev–Trinajstić information content (AvgIpc) is 3.13. The van der Waals surface area contributed by atoms with Crippen molar-refractivity contribution in [2.45, 2.75) is 5.92 Å². The third-order valence-corrected chi connectivity index (χ3v) is 4.81. The van der Waals surface area contributed by atoms with E-state index in [4.69, 9.17) is 0 Å². The van der Waals surface area contributed by atoms with Crippen LogP contribution in [0.3, 0.4) is 0 Å². The molecule has 0 radical (unpaired) electrons. The summed E-state index contributed by atoms with van der Waals surface area (Å²) >= 11 is 0. The van der Waals surface area contributed by atoms with Gasteiger partial charge in [-0.2, -0.15) is 6.07 Å². The molecule has 1 aliphatic carbocycles. The molecule has 4 aromatic rings. The topological polar surface area (TPSA) is 0 Å². The molecule has 4 aromatic carbocycles. The first kappa shape index (κ1) is 23.5. The molecule has 0 spiro atoms. The van der Waals surface area contributed by atoms with Gasteiger partial charge in [0.2, 0.25) is 0 Å². The quantitative estimate of drug-likeness (QED) is 0.148. The summed E-state index contributed by atoms with van der Waals surface area (Å²) in [6.45, 7) is 0. The Kier molecular flexibility index (Phi) is 8.64. The molecular formula is C22H15Br3Ti. The van der Waals surface area contributed by atoms with E-state index in [1.807, 2.05) is 0 Å². The van der Waals surface area contributed by atoms with Gasteiger partial charge in [-0.3, -0.25) is 0 Å². The minimum absolute atomic E-state index is 0. The van der Waals surface area contributed by atoms with Crippen molar-refractivity contribution in [3.8, 4) is 11.1 Å². The van der Waals surface area contributed by atoms with Crippen molar-refractivity contribution in [3.05, 3.63) is 102 Å². The summed E-state index contributed by atoms with van der Waals surface area (Å²) in [6.07, 6.45) is 0. The number of hydrogen-bond acceptors (Lipinski definition) is 0. The van der Waals surface area contributed by atoms with E-state index in [1.54, 1.807) is 0 Å². The van der Waals surface area contributed by atoms with E-state index in [1.165, 1.54) is 38.6 Å². The fourth-order valence-electron chi connectivity index (χ4n) is 3.86. The maximum atomic E-state index is 2.35. The van der Waals surface area contributed by atoms with Gasteiger partial charge < -0.3 is 50.9 Å². The zero-order valence-electron chi connectivity index (χ0n) is 13.8. The molecule has 0 amide bonds. The van der Waals surface area contributed by atoms with Gasteiger partial charge in [0.15, 0.2) is 0 Å². The maximum absolute atomic E-state index is 2.35. The molecule has 1 aliphatic rings. The maximum Gasteiger partial charge on any atom is 4.00 e. The molecular weight excluding hydrogens is 552 g/mol. The van der Waals surface area contributed by atoms with Crippen LogP contribution in [0, 0.1) is 0 Å². The predicted octanol–water partition coefficient (Wildman–Crippen LogP) is -3.27. The van der Waals surface area contributed by atoms with Crippen LogP contribution in [0.15, 0.2) is 84.9 Å². The number of fused-ring (bicyclic) bond motifs is 4. The molecule has 0 unspecified atom stereocenters. The van der Waals surface area contributed by atoms with Gasteiger partial charge in [0.1, 0.15) is 0 Å². The van der Waals surface area contributed by atoms with E-state index < -0.39 is 0 Å². The normalized spacial score (nSPS) is 11.2. The number of halogens is 3. The summed E-state index contributed by atoms with van der Waals surface area (Å²) in [5.41, 5.74) is 7.03. The van der Waals surface area contributed by atoms with Crippen molar-refractivity contribution >= 4 is 10.8 Å². The summed E-state index contributed by atoms with van der Waals surface area (Å²) < 4.78 is 0. The van der Waals surface area contributed by atoms with Crippen molar-refractivity contribution in [2.75, 3.05) is 0 Å². The van der Waals surface area contributed by atoms with Crippen molar-refractivity contribution in [1.29, 1.82) is 0 Å². The monoisotopic (exact) mass is 564 g/mol. The van der Waals surface area contributed by atoms with Gasteiger partial charge >= 0.3 is 21.7 Å². The second-order valence-electron chi connectivity index (χ2n) is 6.03. The van der Waals surface area contributed by atoms with Gasteiger partial charge in [-0.05, 0) is 22.3 Å². The first-order valence-electron chi connectivity index (χ1n) is 7.75. The van der Waals surface area contributed by atoms with E-state index >= 15 is 0 Å². The molecule has 26 heavy (non-hydrogen) atoms. The molecule has 0 saturated carbocycles. The minimum Gasteiger partial charge on any atom is -1.00 e. The van der Waals surface area contributed by atoms with Crippen molar-refractivity contribution < 1.29 is 72.7 Å². The summed E-state index contributed by atoms with van der Waals surface area (Å²) in [4.78, 5) is 0. The SMILES string of the molecule is [Br-].[Br-].[Br-].[Ti+4].c1ccc2c(c1)-c1ccccc1C2c1cc2ccccc2[cH-]1. The van der Waals surface area contributed by atoms with E-state index in [9.17, 15) is 0 Å². The molecule has 0 nitrogen and oxygen atoms in total. The predicted molar refractivity (Wildman–Crippen MR) is 92.4 cm³/mol. The van der Waals surface area contributed by atoms with Gasteiger partial charge in [0, 0.05) is 5.92 Å². The fourth-order valence-corrected chi connectivity index (χ4v) is 3.86. The van der Waals surface area contributed by atoms with Gasteiger partial charge in [-0.15, -0.1) is 40.6 Å². The Labute approximate surface area is 200 Å².